The van der Waals surface area contributed by atoms with Gasteiger partial charge in [-0.15, -0.1) is 0 Å². The minimum atomic E-state index is -0.290. The monoisotopic (exact) mass is 480 g/mol. The second-order valence-corrected chi connectivity index (χ2v) is 8.77. The molecule has 0 N–H and O–H groups in total. The van der Waals surface area contributed by atoms with Crippen LogP contribution in [-0.2, 0) is 11.4 Å². The maximum Gasteiger partial charge on any atom is 0.271 e. The predicted octanol–water partition coefficient (Wildman–Crippen LogP) is 7.21. The summed E-state index contributed by atoms with van der Waals surface area (Å²) in [4.78, 5) is 20.3. The van der Waals surface area contributed by atoms with E-state index in [1.165, 1.54) is 17.8 Å². The number of para-hydroxylation sites is 2. The summed E-state index contributed by atoms with van der Waals surface area (Å²) in [5, 5.41) is 0.600. The van der Waals surface area contributed by atoms with Crippen molar-refractivity contribution in [1.82, 2.24) is 0 Å². The van der Waals surface area contributed by atoms with Crippen molar-refractivity contribution < 1.29 is 13.9 Å². The molecular weight excluding hydrogens is 459 g/mol. The van der Waals surface area contributed by atoms with Crippen LogP contribution in [0.5, 0.6) is 5.75 Å². The molecule has 1 saturated heterocycles. The Kier molecular flexibility index (Phi) is 6.73. The highest BCUT2D eigenvalue weighted by Crippen LogP contribution is 2.37. The van der Waals surface area contributed by atoms with Gasteiger partial charge in [0.25, 0.3) is 5.91 Å². The summed E-state index contributed by atoms with van der Waals surface area (Å²) in [5.41, 5.74) is 2.90. The van der Waals surface area contributed by atoms with Crippen LogP contribution in [0.2, 0.25) is 0 Å². The first-order valence-electron chi connectivity index (χ1n) is 11.1. The summed E-state index contributed by atoms with van der Waals surface area (Å²) in [5.74, 6) is 0.204. The lowest BCUT2D eigenvalue weighted by Gasteiger charge is -2.15. The molecule has 0 radical (unpaired) electrons. The first-order valence-corrected chi connectivity index (χ1v) is 11.9. The Bertz CT molecular complexity index is 1390. The molecule has 1 heterocycles. The molecule has 0 aromatic heterocycles. The van der Waals surface area contributed by atoms with Gasteiger partial charge in [0.2, 0.25) is 0 Å². The van der Waals surface area contributed by atoms with Crippen LogP contribution >= 0.6 is 11.8 Å². The van der Waals surface area contributed by atoms with E-state index < -0.39 is 0 Å². The van der Waals surface area contributed by atoms with Crippen LogP contribution in [0.25, 0.3) is 6.08 Å². The number of benzene rings is 4. The molecule has 1 fully saturated rings. The van der Waals surface area contributed by atoms with Crippen molar-refractivity contribution in [2.75, 3.05) is 4.90 Å². The van der Waals surface area contributed by atoms with E-state index in [1.54, 1.807) is 23.1 Å². The van der Waals surface area contributed by atoms with Crippen LogP contribution in [0, 0.1) is 5.82 Å². The quantitative estimate of drug-likeness (QED) is 0.274. The van der Waals surface area contributed by atoms with Gasteiger partial charge in [0.15, 0.2) is 5.17 Å². The highest BCUT2D eigenvalue weighted by molar-refractivity contribution is 8.19. The fourth-order valence-corrected chi connectivity index (χ4v) is 4.56. The first kappa shape index (κ1) is 22.6. The molecule has 1 amide bonds. The molecule has 0 unspecified atom stereocenters. The van der Waals surface area contributed by atoms with Gasteiger partial charge in [-0.25, -0.2) is 9.38 Å². The van der Waals surface area contributed by atoms with Crippen LogP contribution in [0.1, 0.15) is 11.1 Å². The van der Waals surface area contributed by atoms with E-state index in [2.05, 4.69) is 0 Å². The van der Waals surface area contributed by atoms with Crippen molar-refractivity contribution in [3.63, 3.8) is 0 Å². The molecule has 5 rings (SSSR count). The zero-order chi connectivity index (χ0) is 24.0. The molecular formula is C29H21FN2O2S. The van der Waals surface area contributed by atoms with Gasteiger partial charge in [0, 0.05) is 5.56 Å². The van der Waals surface area contributed by atoms with Crippen LogP contribution < -0.4 is 9.64 Å². The largest absolute Gasteiger partial charge is 0.489 e. The number of ether oxygens (including phenoxy) is 1. The molecule has 1 aliphatic heterocycles. The van der Waals surface area contributed by atoms with E-state index in [0.717, 1.165) is 16.9 Å². The normalized spacial score (nSPS) is 15.7. The van der Waals surface area contributed by atoms with Crippen LogP contribution in [-0.4, -0.2) is 11.1 Å². The second kappa shape index (κ2) is 10.4. The lowest BCUT2D eigenvalue weighted by atomic mass is 10.2. The van der Waals surface area contributed by atoms with Gasteiger partial charge in [0.05, 0.1) is 16.3 Å². The Hall–Kier alpha value is -4.16. The molecule has 4 aromatic rings. The molecule has 35 heavy (non-hydrogen) atoms. The maximum atomic E-state index is 13.8. The Morgan fingerprint density at radius 2 is 1.49 bits per heavy atom. The van der Waals surface area contributed by atoms with Crippen molar-refractivity contribution >= 4 is 40.3 Å². The van der Waals surface area contributed by atoms with Gasteiger partial charge in [-0.3, -0.25) is 9.69 Å². The molecule has 6 heteroatoms. The van der Waals surface area contributed by atoms with Crippen molar-refractivity contribution in [1.29, 1.82) is 0 Å². The average molecular weight is 481 g/mol. The third-order valence-corrected chi connectivity index (χ3v) is 6.30. The van der Waals surface area contributed by atoms with Gasteiger partial charge >= 0.3 is 0 Å². The Morgan fingerprint density at radius 1 is 0.829 bits per heavy atom. The van der Waals surface area contributed by atoms with Gasteiger partial charge in [0.1, 0.15) is 18.2 Å². The van der Waals surface area contributed by atoms with Crippen LogP contribution in [0.15, 0.2) is 119 Å². The summed E-state index contributed by atoms with van der Waals surface area (Å²) in [6.45, 7) is 0.146. The first-order chi connectivity index (χ1) is 17.2. The molecule has 1 aliphatic rings. The number of hydrogen-bond donors (Lipinski definition) is 0. The number of carbonyl (C=O) groups is 1. The van der Waals surface area contributed by atoms with E-state index in [1.807, 2.05) is 91.0 Å². The predicted molar refractivity (Wildman–Crippen MR) is 140 cm³/mol. The molecule has 0 aliphatic carbocycles. The zero-order valence-corrected chi connectivity index (χ0v) is 19.5. The molecule has 4 aromatic carbocycles. The number of amides is 1. The summed E-state index contributed by atoms with van der Waals surface area (Å²) in [6, 6.07) is 33.0. The molecule has 0 atom stereocenters. The highest BCUT2D eigenvalue weighted by Gasteiger charge is 2.34. The summed E-state index contributed by atoms with van der Waals surface area (Å²) < 4.78 is 19.5. The lowest BCUT2D eigenvalue weighted by molar-refractivity contribution is -0.113. The summed E-state index contributed by atoms with van der Waals surface area (Å²) in [6.07, 6.45) is 1.84. The third-order valence-electron chi connectivity index (χ3n) is 5.33. The van der Waals surface area contributed by atoms with E-state index in [-0.39, 0.29) is 18.3 Å². The number of hydrogen-bond acceptors (Lipinski definition) is 4. The lowest BCUT2D eigenvalue weighted by Crippen LogP contribution is -2.28. The smallest absolute Gasteiger partial charge is 0.271 e. The van der Waals surface area contributed by atoms with E-state index in [4.69, 9.17) is 9.73 Å². The Morgan fingerprint density at radius 3 is 2.20 bits per heavy atom. The van der Waals surface area contributed by atoms with E-state index in [9.17, 15) is 9.18 Å². The highest BCUT2D eigenvalue weighted by atomic mass is 32.2. The van der Waals surface area contributed by atoms with Gasteiger partial charge < -0.3 is 4.74 Å². The SMILES string of the molecule is O=C1/C(=C/c2ccc(OCc3ccccc3F)cc2)SC(=Nc2ccccc2)N1c1ccccc1. The van der Waals surface area contributed by atoms with Crippen LogP contribution in [0.3, 0.4) is 0 Å². The Balaban J connectivity index is 1.37. The van der Waals surface area contributed by atoms with Crippen molar-refractivity contribution in [2.45, 2.75) is 6.61 Å². The fourth-order valence-electron chi connectivity index (χ4n) is 3.55. The van der Waals surface area contributed by atoms with Crippen LogP contribution in [0.4, 0.5) is 15.8 Å². The summed E-state index contributed by atoms with van der Waals surface area (Å²) >= 11 is 1.34. The number of anilines is 1. The minimum Gasteiger partial charge on any atom is -0.489 e. The van der Waals surface area contributed by atoms with Gasteiger partial charge in [-0.2, -0.15) is 0 Å². The topological polar surface area (TPSA) is 41.9 Å². The van der Waals surface area contributed by atoms with Crippen molar-refractivity contribution in [3.8, 4) is 5.75 Å². The third kappa shape index (κ3) is 5.34. The van der Waals surface area contributed by atoms with Gasteiger partial charge in [-0.1, -0.05) is 66.7 Å². The molecule has 4 nitrogen and oxygen atoms in total. The molecule has 0 bridgehead atoms. The number of carbonyl (C=O) groups excluding carboxylic acids is 1. The standard InChI is InChI=1S/C29H21FN2O2S/c30-26-14-8-7-9-22(26)20-34-25-17-15-21(16-18-25)19-27-28(33)32(24-12-5-2-6-13-24)29(35-27)31-23-10-3-1-4-11-23/h1-19H,20H2/b27-19-,31-29?. The fraction of sp³-hybridized carbons (Fsp3) is 0.0345. The number of amidine groups is 1. The number of thioether (sulfide) groups is 1. The molecule has 172 valence electrons. The van der Waals surface area contributed by atoms with Crippen molar-refractivity contribution in [2.24, 2.45) is 4.99 Å². The number of nitrogens with zero attached hydrogens (tertiary/aromatic N) is 2. The molecule has 0 spiro atoms. The molecule has 0 saturated carbocycles. The second-order valence-electron chi connectivity index (χ2n) is 7.77. The number of aliphatic imine (C=N–C) groups is 1. The minimum absolute atomic E-state index is 0.129. The summed E-state index contributed by atoms with van der Waals surface area (Å²) in [7, 11) is 0. The average Bonchev–Trinajstić information content (AvgIpc) is 3.19. The van der Waals surface area contributed by atoms with E-state index >= 15 is 0 Å². The number of rotatable bonds is 6. The van der Waals surface area contributed by atoms with E-state index in [0.29, 0.717) is 21.4 Å². The zero-order valence-electron chi connectivity index (χ0n) is 18.7. The maximum absolute atomic E-state index is 13.8. The van der Waals surface area contributed by atoms with Gasteiger partial charge in [-0.05, 0) is 65.9 Å². The Labute approximate surface area is 207 Å². The van der Waals surface area contributed by atoms with Crippen molar-refractivity contribution in [3.05, 3.63) is 131 Å². The number of halogens is 1.